The number of carbonyl (C=O) groups excluding carboxylic acids is 1. The summed E-state index contributed by atoms with van der Waals surface area (Å²) in [7, 11) is 0. The molecule has 0 aromatic carbocycles. The highest BCUT2D eigenvalue weighted by Gasteiger charge is 2.29. The maximum absolute atomic E-state index is 12.2. The second-order valence-electron chi connectivity index (χ2n) is 7.07. The van der Waals surface area contributed by atoms with E-state index in [1.165, 1.54) is 12.8 Å². The number of unbranched alkanes of at least 4 members (excludes halogenated alkanes) is 5. The zero-order valence-corrected chi connectivity index (χ0v) is 15.4. The molecule has 0 spiro atoms. The summed E-state index contributed by atoms with van der Waals surface area (Å²) in [4.78, 5) is 35.4. The van der Waals surface area contributed by atoms with Crippen molar-refractivity contribution in [3.63, 3.8) is 0 Å². The molecule has 25 heavy (non-hydrogen) atoms. The molecule has 0 amide bonds. The summed E-state index contributed by atoms with van der Waals surface area (Å²) in [6, 6.07) is 0. The zero-order valence-electron chi connectivity index (χ0n) is 15.4. The van der Waals surface area contributed by atoms with Gasteiger partial charge in [-0.1, -0.05) is 58.3 Å². The molecular weight excluding hydrogens is 320 g/mol. The summed E-state index contributed by atoms with van der Waals surface area (Å²) < 4.78 is 0. The van der Waals surface area contributed by atoms with Gasteiger partial charge in [-0.25, -0.2) is 9.59 Å². The molecule has 5 nitrogen and oxygen atoms in total. The standard InChI is InChI=1S/C20H32O5/c1-2-3-4-5-6-10-13-16(21)14-17(19(22)23)18(20(24)25)15-11-8-7-9-12-15/h15H,2-14H2,1H3,(H,22,23)(H,24,25)/b18-17+. The number of hydrogen-bond donors (Lipinski definition) is 2. The van der Waals surface area contributed by atoms with E-state index in [1.54, 1.807) is 0 Å². The molecule has 1 aliphatic carbocycles. The molecular formula is C20H32O5. The van der Waals surface area contributed by atoms with Crippen LogP contribution in [-0.2, 0) is 14.4 Å². The molecule has 0 saturated heterocycles. The highest BCUT2D eigenvalue weighted by molar-refractivity contribution is 6.02. The monoisotopic (exact) mass is 352 g/mol. The summed E-state index contributed by atoms with van der Waals surface area (Å²) in [6.07, 6.45) is 10.7. The van der Waals surface area contributed by atoms with Crippen LogP contribution in [0.1, 0.15) is 90.4 Å². The molecule has 5 heteroatoms. The van der Waals surface area contributed by atoms with Gasteiger partial charge in [0.1, 0.15) is 5.78 Å². The van der Waals surface area contributed by atoms with Gasteiger partial charge in [0.15, 0.2) is 0 Å². The van der Waals surface area contributed by atoms with Crippen molar-refractivity contribution in [2.24, 2.45) is 5.92 Å². The molecule has 0 radical (unpaired) electrons. The Morgan fingerprint density at radius 3 is 2.00 bits per heavy atom. The highest BCUT2D eigenvalue weighted by Crippen LogP contribution is 2.32. The first-order valence-electron chi connectivity index (χ1n) is 9.68. The predicted molar refractivity (Wildman–Crippen MR) is 96.5 cm³/mol. The fourth-order valence-electron chi connectivity index (χ4n) is 3.62. The number of hydrogen-bond acceptors (Lipinski definition) is 3. The number of ketones is 1. The van der Waals surface area contributed by atoms with Crippen LogP contribution >= 0.6 is 0 Å². The number of Topliss-reactive ketones (excluding diaryl/α,β-unsaturated/α-hetero) is 1. The smallest absolute Gasteiger partial charge is 0.332 e. The van der Waals surface area contributed by atoms with Crippen LogP contribution in [0, 0.1) is 5.92 Å². The fourth-order valence-corrected chi connectivity index (χ4v) is 3.62. The van der Waals surface area contributed by atoms with Crippen LogP contribution in [0.2, 0.25) is 0 Å². The zero-order chi connectivity index (χ0) is 18.7. The second kappa shape index (κ2) is 11.8. The molecule has 0 aromatic heterocycles. The molecule has 1 rings (SSSR count). The third kappa shape index (κ3) is 7.84. The summed E-state index contributed by atoms with van der Waals surface area (Å²) >= 11 is 0. The Bertz CT molecular complexity index is 486. The van der Waals surface area contributed by atoms with Crippen molar-refractivity contribution in [3.05, 3.63) is 11.1 Å². The highest BCUT2D eigenvalue weighted by atomic mass is 16.4. The van der Waals surface area contributed by atoms with Crippen LogP contribution in [0.3, 0.4) is 0 Å². The lowest BCUT2D eigenvalue weighted by molar-refractivity contribution is -0.137. The van der Waals surface area contributed by atoms with Gasteiger partial charge in [0.25, 0.3) is 0 Å². The van der Waals surface area contributed by atoms with Crippen molar-refractivity contribution in [2.75, 3.05) is 0 Å². The van der Waals surface area contributed by atoms with Crippen LogP contribution in [0.4, 0.5) is 0 Å². The third-order valence-corrected chi connectivity index (χ3v) is 5.01. The molecule has 1 fully saturated rings. The Balaban J connectivity index is 2.67. The second-order valence-corrected chi connectivity index (χ2v) is 7.07. The summed E-state index contributed by atoms with van der Waals surface area (Å²) in [5.41, 5.74) is -0.237. The molecule has 0 aromatic rings. The molecule has 1 aliphatic rings. The number of carboxylic acids is 2. The Morgan fingerprint density at radius 1 is 0.840 bits per heavy atom. The molecule has 1 saturated carbocycles. The van der Waals surface area contributed by atoms with E-state index in [4.69, 9.17) is 0 Å². The summed E-state index contributed by atoms with van der Waals surface area (Å²) in [5, 5.41) is 19.0. The van der Waals surface area contributed by atoms with E-state index in [2.05, 4.69) is 6.92 Å². The molecule has 0 atom stereocenters. The van der Waals surface area contributed by atoms with E-state index in [0.717, 1.165) is 44.9 Å². The number of carboxylic acid groups (broad SMARTS) is 2. The van der Waals surface area contributed by atoms with Gasteiger partial charge < -0.3 is 10.2 Å². The van der Waals surface area contributed by atoms with E-state index in [9.17, 15) is 24.6 Å². The molecule has 142 valence electrons. The van der Waals surface area contributed by atoms with E-state index >= 15 is 0 Å². The van der Waals surface area contributed by atoms with Crippen LogP contribution in [0.25, 0.3) is 0 Å². The first-order chi connectivity index (χ1) is 12.0. The normalized spacial score (nSPS) is 16.4. The van der Waals surface area contributed by atoms with E-state index in [0.29, 0.717) is 19.3 Å². The van der Waals surface area contributed by atoms with Crippen molar-refractivity contribution in [3.8, 4) is 0 Å². The van der Waals surface area contributed by atoms with Gasteiger partial charge in [0, 0.05) is 12.8 Å². The van der Waals surface area contributed by atoms with E-state index in [-0.39, 0.29) is 29.3 Å². The van der Waals surface area contributed by atoms with Gasteiger partial charge in [-0.3, -0.25) is 4.79 Å². The van der Waals surface area contributed by atoms with Gasteiger partial charge in [0.05, 0.1) is 11.1 Å². The van der Waals surface area contributed by atoms with Crippen molar-refractivity contribution >= 4 is 17.7 Å². The number of rotatable bonds is 12. The maximum Gasteiger partial charge on any atom is 0.332 e. The number of carbonyl (C=O) groups is 3. The minimum absolute atomic E-state index is 0.0384. The van der Waals surface area contributed by atoms with Gasteiger partial charge in [-0.2, -0.15) is 0 Å². The van der Waals surface area contributed by atoms with Gasteiger partial charge >= 0.3 is 11.9 Å². The maximum atomic E-state index is 12.2. The molecule has 0 heterocycles. The first-order valence-corrected chi connectivity index (χ1v) is 9.68. The minimum atomic E-state index is -1.26. The van der Waals surface area contributed by atoms with Gasteiger partial charge in [-0.15, -0.1) is 0 Å². The first kappa shape index (κ1) is 21.4. The Kier molecular flexibility index (Phi) is 10.1. The van der Waals surface area contributed by atoms with Gasteiger partial charge in [0.2, 0.25) is 0 Å². The minimum Gasteiger partial charge on any atom is -0.478 e. The topological polar surface area (TPSA) is 91.7 Å². The molecule has 0 bridgehead atoms. The fraction of sp³-hybridized carbons (Fsp3) is 0.750. The van der Waals surface area contributed by atoms with Crippen molar-refractivity contribution in [2.45, 2.75) is 90.4 Å². The summed E-state index contributed by atoms with van der Waals surface area (Å²) in [6.45, 7) is 2.15. The van der Waals surface area contributed by atoms with Crippen molar-refractivity contribution < 1.29 is 24.6 Å². The molecule has 2 N–H and O–H groups in total. The van der Waals surface area contributed by atoms with Crippen molar-refractivity contribution in [1.82, 2.24) is 0 Å². The quantitative estimate of drug-likeness (QED) is 0.391. The molecule has 0 unspecified atom stereocenters. The Labute approximate surface area is 150 Å². The van der Waals surface area contributed by atoms with Crippen LogP contribution < -0.4 is 0 Å². The van der Waals surface area contributed by atoms with Crippen LogP contribution in [-0.4, -0.2) is 27.9 Å². The Hall–Kier alpha value is -1.65. The third-order valence-electron chi connectivity index (χ3n) is 5.01. The van der Waals surface area contributed by atoms with Gasteiger partial charge in [-0.05, 0) is 25.2 Å². The average molecular weight is 352 g/mol. The largest absolute Gasteiger partial charge is 0.478 e. The number of aliphatic carboxylic acids is 2. The SMILES string of the molecule is CCCCCCCCC(=O)C/C(C(=O)O)=C(\C(=O)O)C1CCCCC1. The summed E-state index contributed by atoms with van der Waals surface area (Å²) in [5.74, 6) is -2.85. The lowest BCUT2D eigenvalue weighted by atomic mass is 9.80. The van der Waals surface area contributed by atoms with Crippen LogP contribution in [0.5, 0.6) is 0 Å². The Morgan fingerprint density at radius 2 is 1.44 bits per heavy atom. The van der Waals surface area contributed by atoms with Crippen LogP contribution in [0.15, 0.2) is 11.1 Å². The molecule has 0 aliphatic heterocycles. The predicted octanol–water partition coefficient (Wildman–Crippen LogP) is 4.74. The van der Waals surface area contributed by atoms with Crippen molar-refractivity contribution in [1.29, 1.82) is 0 Å². The average Bonchev–Trinajstić information content (AvgIpc) is 2.58. The lowest BCUT2D eigenvalue weighted by Crippen LogP contribution is -2.22. The van der Waals surface area contributed by atoms with E-state index in [1.807, 2.05) is 0 Å². The van der Waals surface area contributed by atoms with E-state index < -0.39 is 11.9 Å². The lowest BCUT2D eigenvalue weighted by Gasteiger charge is -2.23.